The lowest BCUT2D eigenvalue weighted by Gasteiger charge is -2.21. The van der Waals surface area contributed by atoms with Gasteiger partial charge in [0, 0.05) is 13.1 Å². The largest absolute Gasteiger partial charge is 0.461 e. The molecule has 1 aliphatic rings. The van der Waals surface area contributed by atoms with E-state index in [1.165, 1.54) is 0 Å². The number of halogens is 1. The van der Waals surface area contributed by atoms with E-state index >= 15 is 0 Å². The van der Waals surface area contributed by atoms with E-state index in [4.69, 9.17) is 16.3 Å². The highest BCUT2D eigenvalue weighted by Gasteiger charge is 2.24. The average molecular weight is 314 g/mol. The highest BCUT2D eigenvalue weighted by Crippen LogP contribution is 2.15. The molecule has 1 aromatic rings. The molecule has 116 valence electrons. The minimum absolute atomic E-state index is 0.0315. The summed E-state index contributed by atoms with van der Waals surface area (Å²) in [6.07, 6.45) is 2.05. The second-order valence-corrected chi connectivity index (χ2v) is 5.61. The lowest BCUT2D eigenvalue weighted by atomic mass is 10.3. The number of carbonyl (C=O) groups excluding carboxylic acids is 1. The molecule has 1 aliphatic heterocycles. The van der Waals surface area contributed by atoms with Crippen molar-refractivity contribution in [2.45, 2.75) is 45.8 Å². The summed E-state index contributed by atoms with van der Waals surface area (Å²) in [5.74, 6) is 0.279. The third-order valence-corrected chi connectivity index (χ3v) is 3.23. The Morgan fingerprint density at radius 2 is 1.90 bits per heavy atom. The van der Waals surface area contributed by atoms with Gasteiger partial charge in [0.25, 0.3) is 0 Å². The van der Waals surface area contributed by atoms with Crippen LogP contribution in [0, 0.1) is 0 Å². The van der Waals surface area contributed by atoms with Gasteiger partial charge in [-0.3, -0.25) is 4.79 Å². The number of nitrogens with one attached hydrogen (secondary N) is 1. The van der Waals surface area contributed by atoms with Crippen LogP contribution >= 0.6 is 11.6 Å². The topological polar surface area (TPSA) is 80.2 Å². The quantitative estimate of drug-likeness (QED) is 0.891. The normalized spacial score (nSPS) is 16.1. The average Bonchev–Trinajstić information content (AvgIpc) is 2.89. The van der Waals surface area contributed by atoms with Gasteiger partial charge in [-0.1, -0.05) is 0 Å². The van der Waals surface area contributed by atoms with Crippen LogP contribution in [0.2, 0.25) is 5.28 Å². The number of nitrogens with zero attached hydrogens (tertiary/aromatic N) is 4. The van der Waals surface area contributed by atoms with Crippen LogP contribution in [0.1, 0.15) is 33.6 Å². The van der Waals surface area contributed by atoms with Crippen molar-refractivity contribution >= 4 is 23.5 Å². The van der Waals surface area contributed by atoms with Crippen LogP contribution in [-0.4, -0.2) is 51.0 Å². The van der Waals surface area contributed by atoms with Crippen LogP contribution in [0.15, 0.2) is 0 Å². The van der Waals surface area contributed by atoms with Gasteiger partial charge in [-0.25, -0.2) is 0 Å². The summed E-state index contributed by atoms with van der Waals surface area (Å²) >= 11 is 5.85. The van der Waals surface area contributed by atoms with E-state index in [2.05, 4.69) is 20.3 Å². The monoisotopic (exact) mass is 313 g/mol. The number of ether oxygens (including phenoxy) is 1. The van der Waals surface area contributed by atoms with Crippen molar-refractivity contribution in [3.63, 3.8) is 0 Å². The Morgan fingerprint density at radius 3 is 2.52 bits per heavy atom. The zero-order chi connectivity index (χ0) is 15.4. The molecule has 0 radical (unpaired) electrons. The Balaban J connectivity index is 2.04. The van der Waals surface area contributed by atoms with Gasteiger partial charge < -0.3 is 15.0 Å². The molecule has 1 saturated heterocycles. The fourth-order valence-electron chi connectivity index (χ4n) is 2.13. The maximum absolute atomic E-state index is 12.2. The SMILES string of the molecule is CC(C)Oc1nc(Cl)nc(NC(C)C(=O)N2CCCC2)n1. The first-order valence-corrected chi connectivity index (χ1v) is 7.47. The molecule has 1 N–H and O–H groups in total. The smallest absolute Gasteiger partial charge is 0.322 e. The van der Waals surface area contributed by atoms with Crippen LogP contribution in [0.4, 0.5) is 5.95 Å². The first-order valence-electron chi connectivity index (χ1n) is 7.09. The fourth-order valence-corrected chi connectivity index (χ4v) is 2.28. The Labute approximate surface area is 129 Å². The lowest BCUT2D eigenvalue weighted by molar-refractivity contribution is -0.130. The van der Waals surface area contributed by atoms with Gasteiger partial charge in [0.05, 0.1) is 6.10 Å². The summed E-state index contributed by atoms with van der Waals surface area (Å²) in [7, 11) is 0. The predicted molar refractivity (Wildman–Crippen MR) is 79.5 cm³/mol. The Bertz CT molecular complexity index is 505. The summed E-state index contributed by atoms with van der Waals surface area (Å²) in [4.78, 5) is 26.0. The molecule has 1 fully saturated rings. The van der Waals surface area contributed by atoms with E-state index in [1.807, 2.05) is 18.7 Å². The van der Waals surface area contributed by atoms with Gasteiger partial charge in [0.2, 0.25) is 17.1 Å². The van der Waals surface area contributed by atoms with Crippen molar-refractivity contribution in [1.29, 1.82) is 0 Å². The van der Waals surface area contributed by atoms with Crippen molar-refractivity contribution in [2.75, 3.05) is 18.4 Å². The van der Waals surface area contributed by atoms with E-state index in [1.54, 1.807) is 6.92 Å². The summed E-state index contributed by atoms with van der Waals surface area (Å²) in [5.41, 5.74) is 0. The molecule has 2 heterocycles. The van der Waals surface area contributed by atoms with E-state index in [9.17, 15) is 4.79 Å². The first-order chi connectivity index (χ1) is 9.95. The van der Waals surface area contributed by atoms with Crippen LogP contribution in [0.5, 0.6) is 6.01 Å². The van der Waals surface area contributed by atoms with E-state index in [0.717, 1.165) is 25.9 Å². The highest BCUT2D eigenvalue weighted by atomic mass is 35.5. The van der Waals surface area contributed by atoms with Crippen molar-refractivity contribution in [2.24, 2.45) is 0 Å². The summed E-state index contributed by atoms with van der Waals surface area (Å²) in [6.45, 7) is 7.13. The molecule has 1 amide bonds. The molecule has 1 atom stereocenters. The molecule has 8 heteroatoms. The molecule has 0 saturated carbocycles. The molecule has 0 spiro atoms. The number of aromatic nitrogens is 3. The maximum atomic E-state index is 12.2. The Kier molecular flexibility index (Phi) is 5.17. The fraction of sp³-hybridized carbons (Fsp3) is 0.692. The second-order valence-electron chi connectivity index (χ2n) is 5.28. The zero-order valence-corrected chi connectivity index (χ0v) is 13.2. The van der Waals surface area contributed by atoms with Crippen molar-refractivity contribution in [3.8, 4) is 6.01 Å². The van der Waals surface area contributed by atoms with Gasteiger partial charge in [0.15, 0.2) is 0 Å². The molecule has 0 bridgehead atoms. The molecule has 0 aliphatic carbocycles. The van der Waals surface area contributed by atoms with Crippen LogP contribution in [-0.2, 0) is 4.79 Å². The molecule has 2 rings (SSSR count). The van der Waals surface area contributed by atoms with E-state index in [-0.39, 0.29) is 29.3 Å². The molecule has 1 unspecified atom stereocenters. The summed E-state index contributed by atoms with van der Waals surface area (Å²) < 4.78 is 5.40. The third-order valence-electron chi connectivity index (χ3n) is 3.06. The lowest BCUT2D eigenvalue weighted by Crippen LogP contribution is -2.40. The number of carbonyl (C=O) groups is 1. The minimum Gasteiger partial charge on any atom is -0.461 e. The predicted octanol–water partition coefficient (Wildman–Crippen LogP) is 1.73. The molecule has 7 nitrogen and oxygen atoms in total. The third kappa shape index (κ3) is 4.42. The maximum Gasteiger partial charge on any atom is 0.322 e. The molecular weight excluding hydrogens is 294 g/mol. The highest BCUT2D eigenvalue weighted by molar-refractivity contribution is 6.28. The van der Waals surface area contributed by atoms with Crippen LogP contribution in [0.25, 0.3) is 0 Å². The molecular formula is C13H20ClN5O2. The summed E-state index contributed by atoms with van der Waals surface area (Å²) in [5, 5.41) is 2.99. The van der Waals surface area contributed by atoms with Gasteiger partial charge in [0.1, 0.15) is 6.04 Å². The number of likely N-dealkylation sites (tertiary alicyclic amines) is 1. The first kappa shape index (κ1) is 15.8. The Morgan fingerprint density at radius 1 is 1.24 bits per heavy atom. The number of hydrogen-bond acceptors (Lipinski definition) is 6. The zero-order valence-electron chi connectivity index (χ0n) is 12.5. The van der Waals surface area contributed by atoms with Gasteiger partial charge in [-0.15, -0.1) is 0 Å². The van der Waals surface area contributed by atoms with E-state index in [0.29, 0.717) is 0 Å². The van der Waals surface area contributed by atoms with Gasteiger partial charge >= 0.3 is 6.01 Å². The van der Waals surface area contributed by atoms with Crippen LogP contribution < -0.4 is 10.1 Å². The number of rotatable bonds is 5. The standard InChI is InChI=1S/C13H20ClN5O2/c1-8(2)21-13-17-11(14)16-12(18-13)15-9(3)10(20)19-6-4-5-7-19/h8-9H,4-7H2,1-3H3,(H,15,16,17,18). The number of hydrogen-bond donors (Lipinski definition) is 1. The minimum atomic E-state index is -0.423. The Hall–Kier alpha value is -1.63. The summed E-state index contributed by atoms with van der Waals surface area (Å²) in [6, 6.07) is -0.276. The van der Waals surface area contributed by atoms with E-state index < -0.39 is 6.04 Å². The van der Waals surface area contributed by atoms with Crippen LogP contribution in [0.3, 0.4) is 0 Å². The molecule has 0 aromatic carbocycles. The second kappa shape index (κ2) is 6.89. The number of amides is 1. The molecule has 1 aromatic heterocycles. The van der Waals surface area contributed by atoms with Crippen molar-refractivity contribution in [1.82, 2.24) is 19.9 Å². The molecule has 21 heavy (non-hydrogen) atoms. The van der Waals surface area contributed by atoms with Gasteiger partial charge in [-0.05, 0) is 45.2 Å². The van der Waals surface area contributed by atoms with Crippen molar-refractivity contribution in [3.05, 3.63) is 5.28 Å². The van der Waals surface area contributed by atoms with Crippen molar-refractivity contribution < 1.29 is 9.53 Å². The van der Waals surface area contributed by atoms with Gasteiger partial charge in [-0.2, -0.15) is 15.0 Å². The number of anilines is 1.